The molecule has 32 heavy (non-hydrogen) atoms. The molecule has 0 aromatic heterocycles. The monoisotopic (exact) mass is 493 g/mol. The van der Waals surface area contributed by atoms with Gasteiger partial charge in [-0.05, 0) is 43.3 Å². The van der Waals surface area contributed by atoms with Gasteiger partial charge in [-0.2, -0.15) is 0 Å². The molecule has 0 heterocycles. The second kappa shape index (κ2) is 10.4. The zero-order valence-electron chi connectivity index (χ0n) is 17.1. The van der Waals surface area contributed by atoms with Gasteiger partial charge in [0, 0.05) is 21.2 Å². The molecule has 3 aromatic rings. The van der Waals surface area contributed by atoms with Gasteiger partial charge in [-0.3, -0.25) is 9.10 Å². The Morgan fingerprint density at radius 3 is 2.31 bits per heavy atom. The second-order valence-corrected chi connectivity index (χ2v) is 9.46. The number of aliphatic hydroxyl groups is 1. The standard InChI is InChI=1S/C23H21Cl2NO5S/c1-2-31-22(27)15-26(32(29,30)17-8-4-3-5-9-17)21-13-12-16(24)14-19(21)23(28)18-10-6-7-11-20(18)25/h3-14,23,28H,2,15H2,1H3. The average molecular weight is 494 g/mol. The zero-order valence-corrected chi connectivity index (χ0v) is 19.4. The molecule has 0 aliphatic carbocycles. The number of anilines is 1. The minimum Gasteiger partial charge on any atom is -0.465 e. The van der Waals surface area contributed by atoms with Crippen molar-refractivity contribution in [2.24, 2.45) is 0 Å². The maximum atomic E-state index is 13.5. The number of carbonyl (C=O) groups excluding carboxylic acids is 1. The van der Waals surface area contributed by atoms with Crippen molar-refractivity contribution in [2.75, 3.05) is 17.5 Å². The van der Waals surface area contributed by atoms with Crippen molar-refractivity contribution < 1.29 is 23.1 Å². The highest BCUT2D eigenvalue weighted by atomic mass is 35.5. The van der Waals surface area contributed by atoms with Crippen LogP contribution in [-0.4, -0.2) is 32.6 Å². The Morgan fingerprint density at radius 2 is 1.66 bits per heavy atom. The molecule has 1 unspecified atom stereocenters. The van der Waals surface area contributed by atoms with E-state index in [2.05, 4.69) is 0 Å². The zero-order chi connectivity index (χ0) is 23.3. The third kappa shape index (κ3) is 5.24. The van der Waals surface area contributed by atoms with Gasteiger partial charge in [0.1, 0.15) is 12.6 Å². The first-order chi connectivity index (χ1) is 15.3. The van der Waals surface area contributed by atoms with E-state index in [0.717, 1.165) is 4.31 Å². The third-order valence-electron chi connectivity index (χ3n) is 4.66. The molecule has 0 fully saturated rings. The van der Waals surface area contributed by atoms with Crippen LogP contribution in [0.3, 0.4) is 0 Å². The molecule has 1 N–H and O–H groups in total. The summed E-state index contributed by atoms with van der Waals surface area (Å²) in [6, 6.07) is 18.7. The van der Waals surface area contributed by atoms with Crippen molar-refractivity contribution in [3.05, 3.63) is 94.0 Å². The molecule has 0 saturated carbocycles. The average Bonchev–Trinajstić information content (AvgIpc) is 2.78. The number of benzene rings is 3. The van der Waals surface area contributed by atoms with Crippen molar-refractivity contribution in [2.45, 2.75) is 17.9 Å². The van der Waals surface area contributed by atoms with Gasteiger partial charge in [-0.15, -0.1) is 0 Å². The predicted octanol–water partition coefficient (Wildman–Crippen LogP) is 4.83. The molecule has 1 atom stereocenters. The lowest BCUT2D eigenvalue weighted by molar-refractivity contribution is -0.141. The van der Waals surface area contributed by atoms with E-state index >= 15 is 0 Å². The van der Waals surface area contributed by atoms with Gasteiger partial charge in [-0.25, -0.2) is 8.42 Å². The molecule has 9 heteroatoms. The fourth-order valence-electron chi connectivity index (χ4n) is 3.18. The van der Waals surface area contributed by atoms with Gasteiger partial charge < -0.3 is 9.84 Å². The largest absolute Gasteiger partial charge is 0.465 e. The number of esters is 1. The number of sulfonamides is 1. The number of aliphatic hydroxyl groups excluding tert-OH is 1. The van der Waals surface area contributed by atoms with Gasteiger partial charge in [0.15, 0.2) is 0 Å². The predicted molar refractivity (Wildman–Crippen MR) is 125 cm³/mol. The summed E-state index contributed by atoms with van der Waals surface area (Å²) in [4.78, 5) is 12.3. The Bertz CT molecular complexity index is 1200. The van der Waals surface area contributed by atoms with Crippen molar-refractivity contribution in [1.82, 2.24) is 0 Å². The van der Waals surface area contributed by atoms with E-state index in [0.29, 0.717) is 10.6 Å². The third-order valence-corrected chi connectivity index (χ3v) is 7.02. The van der Waals surface area contributed by atoms with Crippen molar-refractivity contribution >= 4 is 44.9 Å². The summed E-state index contributed by atoms with van der Waals surface area (Å²) in [7, 11) is -4.18. The summed E-state index contributed by atoms with van der Waals surface area (Å²) < 4.78 is 32.9. The lowest BCUT2D eigenvalue weighted by atomic mass is 9.99. The summed E-state index contributed by atoms with van der Waals surface area (Å²) in [5, 5.41) is 11.7. The SMILES string of the molecule is CCOC(=O)CN(c1ccc(Cl)cc1C(O)c1ccccc1Cl)S(=O)(=O)c1ccccc1. The van der Waals surface area contributed by atoms with Crippen LogP contribution in [0, 0.1) is 0 Å². The van der Waals surface area contributed by atoms with Crippen molar-refractivity contribution in [3.8, 4) is 0 Å². The van der Waals surface area contributed by atoms with Crippen LogP contribution in [0.15, 0.2) is 77.7 Å². The summed E-state index contributed by atoms with van der Waals surface area (Å²) in [5.74, 6) is -0.736. The number of ether oxygens (including phenoxy) is 1. The summed E-state index contributed by atoms with van der Waals surface area (Å²) >= 11 is 12.4. The van der Waals surface area contributed by atoms with Crippen LogP contribution >= 0.6 is 23.2 Å². The highest BCUT2D eigenvalue weighted by Crippen LogP contribution is 2.37. The Hall–Kier alpha value is -2.58. The summed E-state index contributed by atoms with van der Waals surface area (Å²) in [5.41, 5.74) is 0.624. The molecule has 0 amide bonds. The van der Waals surface area contributed by atoms with Crippen LogP contribution in [-0.2, 0) is 19.6 Å². The van der Waals surface area contributed by atoms with Gasteiger partial charge in [0.05, 0.1) is 17.2 Å². The first kappa shape index (κ1) is 24.1. The minimum atomic E-state index is -4.18. The molecular weight excluding hydrogens is 473 g/mol. The molecule has 0 spiro atoms. The maximum absolute atomic E-state index is 13.5. The Balaban J connectivity index is 2.19. The lowest BCUT2D eigenvalue weighted by Gasteiger charge is -2.28. The van der Waals surface area contributed by atoms with Crippen LogP contribution in [0.1, 0.15) is 24.2 Å². The van der Waals surface area contributed by atoms with Crippen LogP contribution in [0.2, 0.25) is 10.0 Å². The van der Waals surface area contributed by atoms with E-state index in [9.17, 15) is 18.3 Å². The van der Waals surface area contributed by atoms with E-state index in [1.54, 1.807) is 49.4 Å². The van der Waals surface area contributed by atoms with E-state index in [1.165, 1.54) is 30.3 Å². The number of halogens is 2. The molecule has 0 aliphatic heterocycles. The van der Waals surface area contributed by atoms with Gasteiger partial charge in [0.2, 0.25) is 0 Å². The minimum absolute atomic E-state index is 0.0163. The Labute approximate surface area is 197 Å². The fraction of sp³-hybridized carbons (Fsp3) is 0.174. The van der Waals surface area contributed by atoms with Crippen LogP contribution < -0.4 is 4.31 Å². The quantitative estimate of drug-likeness (QED) is 0.454. The van der Waals surface area contributed by atoms with Gasteiger partial charge in [-0.1, -0.05) is 59.6 Å². The highest BCUT2D eigenvalue weighted by molar-refractivity contribution is 7.92. The van der Waals surface area contributed by atoms with E-state index < -0.39 is 28.6 Å². The number of nitrogens with zero attached hydrogens (tertiary/aromatic N) is 1. The van der Waals surface area contributed by atoms with Crippen LogP contribution in [0.5, 0.6) is 0 Å². The summed E-state index contributed by atoms with van der Waals surface area (Å²) in [6.07, 6.45) is -1.30. The van der Waals surface area contributed by atoms with Crippen LogP contribution in [0.25, 0.3) is 0 Å². The molecule has 3 rings (SSSR count). The van der Waals surface area contributed by atoms with Crippen molar-refractivity contribution in [1.29, 1.82) is 0 Å². The normalized spacial score (nSPS) is 12.2. The number of carbonyl (C=O) groups is 1. The van der Waals surface area contributed by atoms with E-state index in [1.807, 2.05) is 0 Å². The molecular formula is C23H21Cl2NO5S. The van der Waals surface area contributed by atoms with E-state index in [-0.39, 0.29) is 27.8 Å². The maximum Gasteiger partial charge on any atom is 0.326 e. The number of hydrogen-bond acceptors (Lipinski definition) is 5. The highest BCUT2D eigenvalue weighted by Gasteiger charge is 2.31. The molecule has 0 saturated heterocycles. The smallest absolute Gasteiger partial charge is 0.326 e. The molecule has 0 aliphatic rings. The lowest BCUT2D eigenvalue weighted by Crippen LogP contribution is -2.37. The number of rotatable bonds is 8. The first-order valence-corrected chi connectivity index (χ1v) is 11.9. The molecule has 0 bridgehead atoms. The van der Waals surface area contributed by atoms with Gasteiger partial charge >= 0.3 is 5.97 Å². The van der Waals surface area contributed by atoms with Crippen LogP contribution in [0.4, 0.5) is 5.69 Å². The molecule has 168 valence electrons. The Kier molecular flexibility index (Phi) is 7.79. The number of hydrogen-bond donors (Lipinski definition) is 1. The van der Waals surface area contributed by atoms with Gasteiger partial charge in [0.25, 0.3) is 10.0 Å². The molecule has 3 aromatic carbocycles. The second-order valence-electron chi connectivity index (χ2n) is 6.76. The summed E-state index contributed by atoms with van der Waals surface area (Å²) in [6.45, 7) is 1.13. The topological polar surface area (TPSA) is 83.9 Å². The van der Waals surface area contributed by atoms with E-state index in [4.69, 9.17) is 27.9 Å². The molecule has 0 radical (unpaired) electrons. The Morgan fingerprint density at radius 1 is 1.00 bits per heavy atom. The first-order valence-electron chi connectivity index (χ1n) is 9.71. The fourth-order valence-corrected chi connectivity index (χ4v) is 5.05. The molecule has 6 nitrogen and oxygen atoms in total. The van der Waals surface area contributed by atoms with Crippen molar-refractivity contribution in [3.63, 3.8) is 0 Å².